The highest BCUT2D eigenvalue weighted by Gasteiger charge is 2.42. The van der Waals surface area contributed by atoms with E-state index in [1.165, 1.54) is 11.8 Å². The minimum atomic E-state index is -3.41. The second-order valence-corrected chi connectivity index (χ2v) is 13.3. The first-order chi connectivity index (χ1) is 19.7. The number of carboxylic acid groups (broad SMARTS) is 1. The summed E-state index contributed by atoms with van der Waals surface area (Å²) in [5.41, 5.74) is 2.85. The molecule has 0 bridgehead atoms. The largest absolute Gasteiger partial charge is 0.497 e. The van der Waals surface area contributed by atoms with Crippen molar-refractivity contribution < 1.29 is 32.9 Å². The fourth-order valence-corrected chi connectivity index (χ4v) is 8.48. The van der Waals surface area contributed by atoms with Crippen molar-refractivity contribution in [3.05, 3.63) is 95.5 Å². The number of fused-ring (bicyclic) bond motifs is 1. The first kappa shape index (κ1) is 31.0. The molecule has 0 amide bonds. The number of methoxy groups -OCH3 is 1. The van der Waals surface area contributed by atoms with E-state index in [1.807, 2.05) is 54.8 Å². The Labute approximate surface area is 246 Å². The van der Waals surface area contributed by atoms with Crippen LogP contribution in [0, 0.1) is 5.92 Å². The van der Waals surface area contributed by atoms with Crippen LogP contribution in [0.25, 0.3) is 0 Å². The summed E-state index contributed by atoms with van der Waals surface area (Å²) in [5.74, 6) is -2.38. The number of benzene rings is 3. The monoisotopic (exact) mass is 600 g/mol. The minimum Gasteiger partial charge on any atom is -0.497 e. The second kappa shape index (κ2) is 13.8. The van der Waals surface area contributed by atoms with Crippen molar-refractivity contribution in [2.45, 2.75) is 60.0 Å². The Balaban J connectivity index is 1.90. The van der Waals surface area contributed by atoms with Crippen LogP contribution < -0.4 is 9.47 Å². The molecule has 1 heterocycles. The smallest absolute Gasteiger partial charge is 0.368 e. The summed E-state index contributed by atoms with van der Waals surface area (Å²) in [6.07, 6.45) is 6.36. The lowest BCUT2D eigenvalue weighted by molar-refractivity contribution is -0.134. The SMILES string of the molecule is CCCCC1CC(c2ccccc2)c2cc(SC)c(OC=C(F)C(=O)O)cc2S(O)(O)C1Cc1ccc(OC)cc1. The lowest BCUT2D eigenvalue weighted by atomic mass is 9.80. The Morgan fingerprint density at radius 2 is 1.83 bits per heavy atom. The Morgan fingerprint density at radius 3 is 2.44 bits per heavy atom. The lowest BCUT2D eigenvalue weighted by Crippen LogP contribution is -2.29. The van der Waals surface area contributed by atoms with Crippen molar-refractivity contribution in [2.75, 3.05) is 13.4 Å². The van der Waals surface area contributed by atoms with Crippen LogP contribution in [-0.2, 0) is 11.2 Å². The first-order valence-electron chi connectivity index (χ1n) is 13.6. The normalized spacial score (nSPS) is 20.9. The number of aliphatic carboxylic acids is 1. The first-order valence-corrected chi connectivity index (χ1v) is 16.5. The maximum Gasteiger partial charge on any atom is 0.368 e. The highest BCUT2D eigenvalue weighted by molar-refractivity contribution is 8.25. The van der Waals surface area contributed by atoms with Gasteiger partial charge >= 0.3 is 5.97 Å². The molecule has 0 aliphatic carbocycles. The molecule has 9 heteroatoms. The summed E-state index contributed by atoms with van der Waals surface area (Å²) in [6, 6.07) is 21.2. The van der Waals surface area contributed by atoms with Crippen LogP contribution in [0.15, 0.2) is 88.6 Å². The Hall–Kier alpha value is -2.98. The van der Waals surface area contributed by atoms with Gasteiger partial charge < -0.3 is 14.6 Å². The summed E-state index contributed by atoms with van der Waals surface area (Å²) in [7, 11) is -1.80. The summed E-state index contributed by atoms with van der Waals surface area (Å²) < 4.78 is 49.0. The molecule has 3 aromatic carbocycles. The van der Waals surface area contributed by atoms with E-state index >= 15 is 0 Å². The molecule has 41 heavy (non-hydrogen) atoms. The van der Waals surface area contributed by atoms with Crippen molar-refractivity contribution in [1.29, 1.82) is 0 Å². The van der Waals surface area contributed by atoms with E-state index in [1.54, 1.807) is 13.2 Å². The molecule has 0 fully saturated rings. The zero-order valence-corrected chi connectivity index (χ0v) is 25.1. The van der Waals surface area contributed by atoms with Gasteiger partial charge in [0.25, 0.3) is 0 Å². The lowest BCUT2D eigenvalue weighted by Gasteiger charge is -2.43. The van der Waals surface area contributed by atoms with Crippen LogP contribution in [-0.4, -0.2) is 38.8 Å². The zero-order valence-electron chi connectivity index (χ0n) is 23.5. The van der Waals surface area contributed by atoms with Gasteiger partial charge in [0.2, 0.25) is 5.83 Å². The second-order valence-electron chi connectivity index (χ2n) is 10.2. The van der Waals surface area contributed by atoms with Crippen molar-refractivity contribution >= 4 is 28.3 Å². The highest BCUT2D eigenvalue weighted by Crippen LogP contribution is 2.64. The van der Waals surface area contributed by atoms with Crippen LogP contribution in [0.2, 0.25) is 0 Å². The molecule has 1 aliphatic heterocycles. The van der Waals surface area contributed by atoms with Gasteiger partial charge in [0, 0.05) is 12.0 Å². The van der Waals surface area contributed by atoms with Crippen LogP contribution in [0.3, 0.4) is 0 Å². The van der Waals surface area contributed by atoms with Gasteiger partial charge in [0.1, 0.15) is 17.8 Å². The van der Waals surface area contributed by atoms with E-state index in [0.717, 1.165) is 48.1 Å². The molecule has 0 saturated carbocycles. The number of hydrogen-bond donors (Lipinski definition) is 3. The average molecular weight is 601 g/mol. The summed E-state index contributed by atoms with van der Waals surface area (Å²) in [6.45, 7) is 2.13. The van der Waals surface area contributed by atoms with E-state index in [-0.39, 0.29) is 17.6 Å². The van der Waals surface area contributed by atoms with Gasteiger partial charge in [-0.1, -0.05) is 62.2 Å². The van der Waals surface area contributed by atoms with E-state index in [0.29, 0.717) is 22.5 Å². The standard InChI is InChI=1S/C32H37FO6S2/c1-4-5-9-23-17-25(22-10-7-6-8-11-22)26-18-29(40-3)28(39-20-27(33)32(34)35)19-31(26)41(36,37)30(23)16-21-12-14-24(38-2)15-13-21/h6-8,10-15,18-20,23,25,30,36-37H,4-5,9,16-17H2,1-3H3,(H,34,35). The molecule has 0 radical (unpaired) electrons. The number of carbonyl (C=O) groups is 1. The molecule has 3 unspecified atom stereocenters. The molecular weight excluding hydrogens is 563 g/mol. The van der Waals surface area contributed by atoms with Crippen LogP contribution in [0.5, 0.6) is 11.5 Å². The third-order valence-corrected chi connectivity index (χ3v) is 10.9. The Morgan fingerprint density at radius 1 is 1.12 bits per heavy atom. The van der Waals surface area contributed by atoms with Gasteiger partial charge in [-0.15, -0.1) is 11.8 Å². The van der Waals surface area contributed by atoms with Crippen molar-refractivity contribution in [3.63, 3.8) is 0 Å². The molecule has 3 atom stereocenters. The van der Waals surface area contributed by atoms with Gasteiger partial charge in [0.05, 0.1) is 22.2 Å². The summed E-state index contributed by atoms with van der Waals surface area (Å²) in [5, 5.41) is 8.48. The number of carboxylic acids is 1. The third kappa shape index (κ3) is 7.09. The topological polar surface area (TPSA) is 96.2 Å². The van der Waals surface area contributed by atoms with Gasteiger partial charge in [-0.25, -0.2) is 4.79 Å². The number of ether oxygens (including phenoxy) is 2. The number of unbranched alkanes of at least 4 members (excludes halogenated alkanes) is 1. The summed E-state index contributed by atoms with van der Waals surface area (Å²) >= 11 is 1.36. The molecule has 220 valence electrons. The van der Waals surface area contributed by atoms with Gasteiger partial charge in [-0.05, 0) is 66.3 Å². The number of rotatable bonds is 11. The number of halogens is 1. The molecule has 0 spiro atoms. The van der Waals surface area contributed by atoms with Crippen molar-refractivity contribution in [3.8, 4) is 11.5 Å². The van der Waals surface area contributed by atoms with Crippen LogP contribution in [0.4, 0.5) is 4.39 Å². The van der Waals surface area contributed by atoms with E-state index in [2.05, 4.69) is 19.1 Å². The van der Waals surface area contributed by atoms with E-state index in [9.17, 15) is 18.3 Å². The number of thioether (sulfide) groups is 1. The Bertz CT molecular complexity index is 1360. The molecular formula is C32H37FO6S2. The van der Waals surface area contributed by atoms with Crippen molar-refractivity contribution in [2.24, 2.45) is 5.92 Å². The highest BCUT2D eigenvalue weighted by atomic mass is 32.3. The zero-order chi connectivity index (χ0) is 29.6. The molecule has 3 aromatic rings. The third-order valence-electron chi connectivity index (χ3n) is 7.70. The van der Waals surface area contributed by atoms with Gasteiger partial charge in [-0.3, -0.25) is 9.11 Å². The maximum absolute atomic E-state index is 13.8. The molecule has 0 saturated heterocycles. The predicted octanol–water partition coefficient (Wildman–Crippen LogP) is 8.75. The van der Waals surface area contributed by atoms with Crippen LogP contribution >= 0.6 is 22.4 Å². The molecule has 4 rings (SSSR count). The van der Waals surface area contributed by atoms with Gasteiger partial charge in [0.15, 0.2) is 0 Å². The fourth-order valence-electron chi connectivity index (χ4n) is 5.57. The molecule has 3 N–H and O–H groups in total. The molecule has 1 aliphatic rings. The number of hydrogen-bond acceptors (Lipinski definition) is 6. The minimum absolute atomic E-state index is 0.00565. The Kier molecular flexibility index (Phi) is 10.4. The molecule has 0 aromatic heterocycles. The predicted molar refractivity (Wildman–Crippen MR) is 163 cm³/mol. The summed E-state index contributed by atoms with van der Waals surface area (Å²) in [4.78, 5) is 12.0. The molecule has 6 nitrogen and oxygen atoms in total. The van der Waals surface area contributed by atoms with Gasteiger partial charge in [-0.2, -0.15) is 15.0 Å². The van der Waals surface area contributed by atoms with Crippen LogP contribution in [0.1, 0.15) is 55.2 Å². The van der Waals surface area contributed by atoms with E-state index < -0.39 is 27.6 Å². The van der Waals surface area contributed by atoms with E-state index in [4.69, 9.17) is 14.6 Å². The quantitative estimate of drug-likeness (QED) is 0.115. The average Bonchev–Trinajstić information content (AvgIpc) is 3.07. The maximum atomic E-state index is 13.8. The van der Waals surface area contributed by atoms with Crippen molar-refractivity contribution in [1.82, 2.24) is 0 Å². The fraction of sp³-hybridized carbons (Fsp3) is 0.344.